The molecule has 14 heteroatoms. The molecule has 1 saturated carbocycles. The Morgan fingerprint density at radius 2 is 1.48 bits per heavy atom. The number of fused-ring (bicyclic) bond motifs is 1. The molecular weight excluding hydrogens is 735 g/mol. The zero-order valence-electron chi connectivity index (χ0n) is 32.1. The lowest BCUT2D eigenvalue weighted by atomic mass is 9.91. The van der Waals surface area contributed by atoms with Crippen LogP contribution in [0.4, 0.5) is 22.2 Å². The van der Waals surface area contributed by atoms with E-state index in [1.54, 1.807) is 42.1 Å². The Morgan fingerprint density at radius 1 is 0.828 bits per heavy atom. The highest BCUT2D eigenvalue weighted by Gasteiger charge is 2.44. The number of imidazole rings is 1. The molecule has 0 spiro atoms. The van der Waals surface area contributed by atoms with Gasteiger partial charge in [0, 0.05) is 43.7 Å². The molecule has 5 atom stereocenters. The van der Waals surface area contributed by atoms with Crippen molar-refractivity contribution in [3.63, 3.8) is 0 Å². The van der Waals surface area contributed by atoms with E-state index in [-0.39, 0.29) is 30.3 Å². The van der Waals surface area contributed by atoms with Gasteiger partial charge in [0.2, 0.25) is 11.9 Å². The van der Waals surface area contributed by atoms with Crippen LogP contribution in [0.3, 0.4) is 0 Å². The predicted octanol–water partition coefficient (Wildman–Crippen LogP) is 5.82. The average molecular weight is 782 g/mol. The normalized spacial score (nSPS) is 20.3. The Balaban J connectivity index is 1.02. The molecule has 4 aromatic carbocycles. The molecule has 2 aliphatic rings. The average Bonchev–Trinajstić information content (AvgIpc) is 3.97. The van der Waals surface area contributed by atoms with Crippen molar-refractivity contribution in [1.82, 2.24) is 30.2 Å². The van der Waals surface area contributed by atoms with E-state index in [0.29, 0.717) is 66.8 Å². The number of aliphatic hydroxyl groups excluding tert-OH is 2. The standard InChI is InChI=1S/C44H47N9O5/c1-2-37(54)49-35-24-36(40(56)39(35)55)53-27-46-38-41(45-25-34(28-12-6-3-7-13-28)29-14-8-4-9-15-29)50-43(51-42(38)53)52-23-22-31(26-52)48-44(57)47-30-18-20-33(21-19-30)58-32-16-10-5-11-17-32/h3-21,27,31,34-36,39-40,55-56H,2,22-26H2,1H3,(H,49,54)(H,45,50,51)(H2,47,48,57)/t31-,35+,36-,39-,40+/m1/s1. The number of anilines is 3. The van der Waals surface area contributed by atoms with Gasteiger partial charge in [-0.1, -0.05) is 85.8 Å². The molecule has 3 amide bonds. The third-order valence-corrected chi connectivity index (χ3v) is 10.9. The molecule has 1 saturated heterocycles. The molecule has 8 rings (SSSR count). The Bertz CT molecular complexity index is 2270. The van der Waals surface area contributed by atoms with Crippen LogP contribution in [0.5, 0.6) is 11.5 Å². The van der Waals surface area contributed by atoms with Crippen LogP contribution in [0.25, 0.3) is 11.2 Å². The van der Waals surface area contributed by atoms with Crippen LogP contribution in [-0.2, 0) is 4.79 Å². The fraction of sp³-hybridized carbons (Fsp3) is 0.295. The molecule has 14 nitrogen and oxygen atoms in total. The number of rotatable bonds is 13. The maximum absolute atomic E-state index is 13.1. The van der Waals surface area contributed by atoms with Gasteiger partial charge >= 0.3 is 6.03 Å². The van der Waals surface area contributed by atoms with Gasteiger partial charge in [0.25, 0.3) is 0 Å². The van der Waals surface area contributed by atoms with E-state index in [2.05, 4.69) is 45.5 Å². The van der Waals surface area contributed by atoms with Crippen LogP contribution >= 0.6 is 0 Å². The lowest BCUT2D eigenvalue weighted by Crippen LogP contribution is -2.42. The Morgan fingerprint density at radius 3 is 2.16 bits per heavy atom. The van der Waals surface area contributed by atoms with Crippen LogP contribution in [0, 0.1) is 0 Å². The number of benzene rings is 4. The van der Waals surface area contributed by atoms with Gasteiger partial charge in [-0.3, -0.25) is 4.79 Å². The van der Waals surface area contributed by atoms with E-state index >= 15 is 0 Å². The van der Waals surface area contributed by atoms with Crippen molar-refractivity contribution >= 4 is 40.6 Å². The number of nitrogens with one attached hydrogen (secondary N) is 4. The first kappa shape index (κ1) is 38.4. The van der Waals surface area contributed by atoms with Gasteiger partial charge in [0.05, 0.1) is 18.4 Å². The van der Waals surface area contributed by atoms with Gasteiger partial charge in [0.1, 0.15) is 23.7 Å². The summed E-state index contributed by atoms with van der Waals surface area (Å²) in [4.78, 5) is 42.2. The third kappa shape index (κ3) is 8.58. The quantitative estimate of drug-likeness (QED) is 0.0836. The van der Waals surface area contributed by atoms with Crippen molar-refractivity contribution in [2.75, 3.05) is 35.2 Å². The largest absolute Gasteiger partial charge is 0.457 e. The predicted molar refractivity (Wildman–Crippen MR) is 222 cm³/mol. The Labute approximate surface area is 336 Å². The molecular formula is C44H47N9O5. The number of ether oxygens (including phenoxy) is 1. The summed E-state index contributed by atoms with van der Waals surface area (Å²) in [6.07, 6.45) is 0.509. The van der Waals surface area contributed by atoms with Gasteiger partial charge in [0.15, 0.2) is 17.0 Å². The lowest BCUT2D eigenvalue weighted by Gasteiger charge is -2.22. The zero-order valence-corrected chi connectivity index (χ0v) is 32.1. The number of aromatic nitrogens is 4. The number of para-hydroxylation sites is 1. The summed E-state index contributed by atoms with van der Waals surface area (Å²) in [7, 11) is 0. The number of carbonyl (C=O) groups excluding carboxylic acids is 2. The van der Waals surface area contributed by atoms with Crippen LogP contribution in [-0.4, -0.2) is 85.6 Å². The first-order valence-corrected chi connectivity index (χ1v) is 19.7. The van der Waals surface area contributed by atoms with Crippen molar-refractivity contribution in [3.8, 4) is 11.5 Å². The van der Waals surface area contributed by atoms with Crippen molar-refractivity contribution in [3.05, 3.63) is 133 Å². The van der Waals surface area contributed by atoms with Crippen molar-refractivity contribution in [1.29, 1.82) is 0 Å². The number of aliphatic hydroxyl groups is 2. The number of hydrogen-bond donors (Lipinski definition) is 6. The van der Waals surface area contributed by atoms with Crippen molar-refractivity contribution in [2.24, 2.45) is 0 Å². The summed E-state index contributed by atoms with van der Waals surface area (Å²) >= 11 is 0. The summed E-state index contributed by atoms with van der Waals surface area (Å²) in [5.41, 5.74) is 3.91. The summed E-state index contributed by atoms with van der Waals surface area (Å²) in [6, 6.07) is 35.5. The van der Waals surface area contributed by atoms with Crippen LogP contribution < -0.4 is 30.9 Å². The fourth-order valence-electron chi connectivity index (χ4n) is 7.79. The van der Waals surface area contributed by atoms with E-state index in [9.17, 15) is 19.8 Å². The minimum atomic E-state index is -1.17. The highest BCUT2D eigenvalue weighted by atomic mass is 16.5. The summed E-state index contributed by atoms with van der Waals surface area (Å²) in [6.45, 7) is 3.30. The molecule has 3 heterocycles. The van der Waals surface area contributed by atoms with Gasteiger partial charge < -0.3 is 45.7 Å². The van der Waals surface area contributed by atoms with E-state index in [1.807, 2.05) is 71.6 Å². The number of hydrogen-bond acceptors (Lipinski definition) is 10. The summed E-state index contributed by atoms with van der Waals surface area (Å²) in [5, 5.41) is 34.6. The monoisotopic (exact) mass is 781 g/mol. The highest BCUT2D eigenvalue weighted by molar-refractivity contribution is 5.89. The molecule has 0 radical (unpaired) electrons. The molecule has 6 aromatic rings. The summed E-state index contributed by atoms with van der Waals surface area (Å²) < 4.78 is 7.65. The zero-order chi connectivity index (χ0) is 40.0. The number of carbonyl (C=O) groups is 2. The van der Waals surface area contributed by atoms with Gasteiger partial charge in [-0.25, -0.2) is 9.78 Å². The second-order valence-electron chi connectivity index (χ2n) is 14.7. The number of amides is 3. The minimum absolute atomic E-state index is 0.000779. The topological polar surface area (TPSA) is 179 Å². The highest BCUT2D eigenvalue weighted by Crippen LogP contribution is 2.36. The SMILES string of the molecule is CCC(=O)N[C@H]1C[C@@H](n2cnc3c(NCC(c4ccccc4)c4ccccc4)nc(N4CC[C@@H](NC(=O)Nc5ccc(Oc6ccccc6)cc5)C4)nc32)[C@H](O)[C@@H]1O. The maximum atomic E-state index is 13.1. The van der Waals surface area contributed by atoms with Crippen LogP contribution in [0.1, 0.15) is 49.3 Å². The Hall–Kier alpha value is -6.51. The molecule has 2 aromatic heterocycles. The first-order valence-electron chi connectivity index (χ1n) is 19.7. The molecule has 1 aliphatic carbocycles. The van der Waals surface area contributed by atoms with E-state index in [0.717, 1.165) is 16.9 Å². The lowest BCUT2D eigenvalue weighted by molar-refractivity contribution is -0.122. The fourth-order valence-corrected chi connectivity index (χ4v) is 7.79. The molecule has 2 fully saturated rings. The van der Waals surface area contributed by atoms with Crippen molar-refractivity contribution < 1.29 is 24.5 Å². The number of urea groups is 1. The minimum Gasteiger partial charge on any atom is -0.457 e. The van der Waals surface area contributed by atoms with Gasteiger partial charge in [-0.05, 0) is 60.4 Å². The molecule has 6 N–H and O–H groups in total. The van der Waals surface area contributed by atoms with E-state index in [4.69, 9.17) is 19.7 Å². The molecule has 298 valence electrons. The van der Waals surface area contributed by atoms with Gasteiger partial charge in [-0.2, -0.15) is 9.97 Å². The van der Waals surface area contributed by atoms with E-state index < -0.39 is 24.3 Å². The maximum Gasteiger partial charge on any atom is 0.319 e. The van der Waals surface area contributed by atoms with Crippen LogP contribution in [0.2, 0.25) is 0 Å². The molecule has 0 unspecified atom stereocenters. The second-order valence-corrected chi connectivity index (χ2v) is 14.7. The smallest absolute Gasteiger partial charge is 0.319 e. The number of nitrogens with zero attached hydrogens (tertiary/aromatic N) is 5. The summed E-state index contributed by atoms with van der Waals surface area (Å²) in [5.74, 6) is 2.15. The van der Waals surface area contributed by atoms with Crippen LogP contribution in [0.15, 0.2) is 122 Å². The molecule has 58 heavy (non-hydrogen) atoms. The van der Waals surface area contributed by atoms with E-state index in [1.165, 1.54) is 0 Å². The van der Waals surface area contributed by atoms with Crippen molar-refractivity contribution in [2.45, 2.75) is 62.4 Å². The first-order chi connectivity index (χ1) is 28.3. The van der Waals surface area contributed by atoms with Gasteiger partial charge in [-0.15, -0.1) is 0 Å². The molecule has 0 bridgehead atoms. The second kappa shape index (κ2) is 17.3. The Kier molecular flexibility index (Phi) is 11.5. The third-order valence-electron chi connectivity index (χ3n) is 10.9. The molecule has 1 aliphatic heterocycles.